The number of nitrogens with one attached hydrogen (secondary N) is 1. The molecule has 3 heterocycles. The number of ether oxygens (including phenoxy) is 1. The quantitative estimate of drug-likeness (QED) is 0.649. The van der Waals surface area contributed by atoms with Crippen molar-refractivity contribution < 1.29 is 19.1 Å². The van der Waals surface area contributed by atoms with Gasteiger partial charge in [-0.15, -0.1) is 0 Å². The molecule has 1 aromatic heterocycles. The Balaban J connectivity index is 1.55. The van der Waals surface area contributed by atoms with Crippen LogP contribution >= 0.6 is 0 Å². The summed E-state index contributed by atoms with van der Waals surface area (Å²) in [5, 5.41) is 0. The van der Waals surface area contributed by atoms with Crippen LogP contribution in [0.4, 0.5) is 0 Å². The first kappa shape index (κ1) is 24.3. The molecule has 0 unspecified atom stereocenters. The maximum atomic E-state index is 13.0. The maximum Gasteiger partial charge on any atom is 0.355 e. The average molecular weight is 447 g/mol. The summed E-state index contributed by atoms with van der Waals surface area (Å²) in [6.45, 7) is 13.8. The fourth-order valence-electron chi connectivity index (χ4n) is 4.91. The normalized spacial score (nSPS) is 19.8. The fraction of sp³-hybridized carbons (Fsp3) is 0.708. The van der Waals surface area contributed by atoms with Crippen LogP contribution in [0.1, 0.15) is 60.4 Å². The number of nitrogens with zero attached hydrogens (tertiary/aromatic N) is 3. The van der Waals surface area contributed by atoms with Crippen LogP contribution in [0, 0.1) is 19.8 Å². The van der Waals surface area contributed by atoms with E-state index in [0.717, 1.165) is 62.4 Å². The fourth-order valence-corrected chi connectivity index (χ4v) is 4.91. The molecule has 0 radical (unpaired) electrons. The van der Waals surface area contributed by atoms with Crippen LogP contribution in [-0.4, -0.2) is 89.9 Å². The highest BCUT2D eigenvalue weighted by molar-refractivity contribution is 5.90. The van der Waals surface area contributed by atoms with Crippen LogP contribution in [0.15, 0.2) is 0 Å². The highest BCUT2D eigenvalue weighted by Gasteiger charge is 2.32. The number of rotatable bonds is 7. The molecule has 3 rings (SSSR count). The number of hydrogen-bond acceptors (Lipinski definition) is 5. The summed E-state index contributed by atoms with van der Waals surface area (Å²) in [5.41, 5.74) is 3.22. The molecule has 1 atom stereocenters. The van der Waals surface area contributed by atoms with Crippen LogP contribution in [0.2, 0.25) is 0 Å². The van der Waals surface area contributed by atoms with E-state index in [1.54, 1.807) is 6.92 Å². The van der Waals surface area contributed by atoms with E-state index in [1.165, 1.54) is 0 Å². The smallest absolute Gasteiger partial charge is 0.355 e. The zero-order valence-electron chi connectivity index (χ0n) is 20.0. The van der Waals surface area contributed by atoms with Gasteiger partial charge in [0, 0.05) is 51.4 Å². The third kappa shape index (κ3) is 5.52. The van der Waals surface area contributed by atoms with Crippen molar-refractivity contribution in [2.75, 3.05) is 52.4 Å². The Bertz CT molecular complexity index is 826. The van der Waals surface area contributed by atoms with Crippen LogP contribution in [0.5, 0.6) is 0 Å². The van der Waals surface area contributed by atoms with E-state index in [4.69, 9.17) is 4.74 Å². The number of amides is 2. The number of piperidine rings is 1. The molecule has 8 heteroatoms. The van der Waals surface area contributed by atoms with E-state index >= 15 is 0 Å². The zero-order chi connectivity index (χ0) is 23.3. The summed E-state index contributed by atoms with van der Waals surface area (Å²) < 4.78 is 5.11. The molecule has 2 aliphatic rings. The number of likely N-dealkylation sites (N-methyl/N-ethyl adjacent to an activating group) is 1. The number of piperazine rings is 1. The van der Waals surface area contributed by atoms with Gasteiger partial charge in [-0.25, -0.2) is 4.79 Å². The van der Waals surface area contributed by atoms with Gasteiger partial charge in [-0.2, -0.15) is 0 Å². The first-order valence-electron chi connectivity index (χ1n) is 12.0. The molecule has 2 fully saturated rings. The second-order valence-corrected chi connectivity index (χ2v) is 8.89. The highest BCUT2D eigenvalue weighted by atomic mass is 16.5. The van der Waals surface area contributed by atoms with Crippen molar-refractivity contribution in [3.05, 3.63) is 22.5 Å². The molecule has 32 heavy (non-hydrogen) atoms. The van der Waals surface area contributed by atoms with Gasteiger partial charge in [-0.1, -0.05) is 6.92 Å². The molecule has 1 aromatic rings. The van der Waals surface area contributed by atoms with Crippen molar-refractivity contribution in [2.24, 2.45) is 5.92 Å². The molecule has 0 bridgehead atoms. The van der Waals surface area contributed by atoms with Crippen molar-refractivity contribution >= 4 is 17.8 Å². The lowest BCUT2D eigenvalue weighted by Gasteiger charge is -2.38. The van der Waals surface area contributed by atoms with Gasteiger partial charge in [-0.3, -0.25) is 9.59 Å². The number of hydrogen-bond donors (Lipinski definition) is 1. The number of aromatic nitrogens is 1. The number of aromatic amines is 1. The molecule has 0 saturated carbocycles. The third-order valence-electron chi connectivity index (χ3n) is 6.92. The van der Waals surface area contributed by atoms with Crippen LogP contribution in [-0.2, 0) is 20.7 Å². The predicted molar refractivity (Wildman–Crippen MR) is 123 cm³/mol. The monoisotopic (exact) mass is 446 g/mol. The number of H-pyrrole nitrogens is 1. The second-order valence-electron chi connectivity index (χ2n) is 8.89. The topological polar surface area (TPSA) is 85.9 Å². The van der Waals surface area contributed by atoms with Crippen molar-refractivity contribution in [2.45, 2.75) is 53.4 Å². The van der Waals surface area contributed by atoms with Gasteiger partial charge in [0.15, 0.2) is 0 Å². The largest absolute Gasteiger partial charge is 0.461 e. The lowest BCUT2D eigenvalue weighted by atomic mass is 9.95. The Hall–Kier alpha value is -2.35. The third-order valence-corrected chi connectivity index (χ3v) is 6.92. The molecular weight excluding hydrogens is 408 g/mol. The summed E-state index contributed by atoms with van der Waals surface area (Å²) in [4.78, 5) is 47.4. The first-order chi connectivity index (χ1) is 15.3. The Morgan fingerprint density at radius 2 is 1.75 bits per heavy atom. The summed E-state index contributed by atoms with van der Waals surface area (Å²) in [6, 6.07) is 0. The number of aryl methyl sites for hydroxylation is 1. The van der Waals surface area contributed by atoms with E-state index in [-0.39, 0.29) is 23.7 Å². The maximum absolute atomic E-state index is 13.0. The molecule has 1 N–H and O–H groups in total. The van der Waals surface area contributed by atoms with E-state index in [0.29, 0.717) is 38.2 Å². The first-order valence-corrected chi connectivity index (χ1v) is 12.0. The summed E-state index contributed by atoms with van der Waals surface area (Å²) in [6.07, 6.45) is 2.67. The summed E-state index contributed by atoms with van der Waals surface area (Å²) in [7, 11) is 0. The van der Waals surface area contributed by atoms with Crippen LogP contribution in [0.25, 0.3) is 0 Å². The number of esters is 1. The second kappa shape index (κ2) is 11.0. The Morgan fingerprint density at radius 3 is 2.41 bits per heavy atom. The molecule has 0 aromatic carbocycles. The van der Waals surface area contributed by atoms with Gasteiger partial charge in [0.1, 0.15) is 5.69 Å². The van der Waals surface area contributed by atoms with E-state index in [9.17, 15) is 14.4 Å². The van der Waals surface area contributed by atoms with E-state index < -0.39 is 0 Å². The van der Waals surface area contributed by atoms with Gasteiger partial charge >= 0.3 is 5.97 Å². The molecule has 8 nitrogen and oxygen atoms in total. The molecule has 2 amide bonds. The Morgan fingerprint density at radius 1 is 1.03 bits per heavy atom. The minimum absolute atomic E-state index is 0.0796. The Kier molecular flexibility index (Phi) is 8.34. The van der Waals surface area contributed by atoms with Gasteiger partial charge in [0.25, 0.3) is 0 Å². The molecular formula is C24H38N4O4. The van der Waals surface area contributed by atoms with Gasteiger partial charge in [0.2, 0.25) is 11.8 Å². The van der Waals surface area contributed by atoms with Crippen molar-refractivity contribution in [1.82, 2.24) is 19.7 Å². The average Bonchev–Trinajstić information content (AvgIpc) is 3.10. The molecule has 178 valence electrons. The van der Waals surface area contributed by atoms with E-state index in [2.05, 4.69) is 16.8 Å². The summed E-state index contributed by atoms with van der Waals surface area (Å²) >= 11 is 0. The lowest BCUT2D eigenvalue weighted by molar-refractivity contribution is -0.142. The van der Waals surface area contributed by atoms with Crippen molar-refractivity contribution in [3.8, 4) is 0 Å². The highest BCUT2D eigenvalue weighted by Crippen LogP contribution is 2.23. The minimum atomic E-state index is -0.358. The Labute approximate surface area is 191 Å². The minimum Gasteiger partial charge on any atom is -0.461 e. The van der Waals surface area contributed by atoms with E-state index in [1.807, 2.05) is 23.6 Å². The van der Waals surface area contributed by atoms with Gasteiger partial charge in [-0.05, 0) is 57.7 Å². The number of carbonyl (C=O) groups excluding carboxylic acids is 3. The molecule has 0 aliphatic carbocycles. The number of likely N-dealkylation sites (tertiary alicyclic amines) is 1. The zero-order valence-corrected chi connectivity index (χ0v) is 20.0. The number of carbonyl (C=O) groups is 3. The lowest BCUT2D eigenvalue weighted by Crippen LogP contribution is -2.52. The molecule has 2 saturated heterocycles. The summed E-state index contributed by atoms with van der Waals surface area (Å²) in [5.74, 6) is -0.166. The SMILES string of the molecule is CCOC(=O)c1[nH]c(C)c(CCC(=O)N2CCC[C@@H](C(=O)N3CCN(CC)CC3)C2)c1C. The van der Waals surface area contributed by atoms with Crippen molar-refractivity contribution in [3.63, 3.8) is 0 Å². The molecule has 0 spiro atoms. The van der Waals surface area contributed by atoms with Crippen LogP contribution in [0.3, 0.4) is 0 Å². The standard InChI is InChI=1S/C24H38N4O4/c1-5-26-12-14-27(15-13-26)23(30)19-8-7-11-28(16-19)21(29)10-9-20-17(3)22(25-18(20)4)24(31)32-6-2/h19,25H,5-16H2,1-4H3/t19-/m1/s1. The van der Waals surface area contributed by atoms with Gasteiger partial charge < -0.3 is 24.4 Å². The van der Waals surface area contributed by atoms with Crippen LogP contribution < -0.4 is 0 Å². The van der Waals surface area contributed by atoms with Gasteiger partial charge in [0.05, 0.1) is 12.5 Å². The molecule has 2 aliphatic heterocycles. The predicted octanol–water partition coefficient (Wildman–Crippen LogP) is 2.14. The van der Waals surface area contributed by atoms with Crippen molar-refractivity contribution in [1.29, 1.82) is 0 Å².